The first kappa shape index (κ1) is 27.2. The normalized spacial score (nSPS) is 10.7. The maximum absolute atomic E-state index is 12.8. The van der Waals surface area contributed by atoms with Crippen molar-refractivity contribution >= 4 is 45.9 Å². The average molecular weight is 532 g/mol. The Labute approximate surface area is 218 Å². The second kappa shape index (κ2) is 12.0. The number of hydrogen-bond acceptors (Lipinski definition) is 9. The van der Waals surface area contributed by atoms with Crippen LogP contribution >= 0.6 is 23.1 Å². The molecule has 10 nitrogen and oxygen atoms in total. The zero-order valence-electron chi connectivity index (χ0n) is 21.1. The third-order valence-corrected chi connectivity index (χ3v) is 7.38. The summed E-state index contributed by atoms with van der Waals surface area (Å²) in [5.74, 6) is 0.195. The molecule has 0 aliphatic rings. The van der Waals surface area contributed by atoms with E-state index in [9.17, 15) is 14.4 Å². The molecule has 0 saturated carbocycles. The summed E-state index contributed by atoms with van der Waals surface area (Å²) in [6.45, 7) is 6.48. The number of thioether (sulfide) groups is 1. The van der Waals surface area contributed by atoms with E-state index in [0.29, 0.717) is 28.0 Å². The van der Waals surface area contributed by atoms with Crippen LogP contribution in [-0.2, 0) is 22.7 Å². The van der Waals surface area contributed by atoms with Crippen molar-refractivity contribution < 1.29 is 23.9 Å². The van der Waals surface area contributed by atoms with Gasteiger partial charge in [-0.15, -0.1) is 21.5 Å². The third-order valence-electron chi connectivity index (χ3n) is 5.22. The third kappa shape index (κ3) is 6.24. The fourth-order valence-corrected chi connectivity index (χ4v) is 5.34. The van der Waals surface area contributed by atoms with E-state index >= 15 is 0 Å². The molecule has 3 rings (SSSR count). The number of rotatable bonds is 10. The average Bonchev–Trinajstić information content (AvgIpc) is 3.40. The lowest BCUT2D eigenvalue weighted by atomic mass is 10.1. The van der Waals surface area contributed by atoms with Gasteiger partial charge in [-0.05, 0) is 38.5 Å². The number of ether oxygens (including phenoxy) is 2. The number of nitrogens with zero attached hydrogens (tertiary/aromatic N) is 4. The number of esters is 1. The summed E-state index contributed by atoms with van der Waals surface area (Å²) in [4.78, 5) is 39.4. The van der Waals surface area contributed by atoms with Crippen LogP contribution in [-0.4, -0.2) is 64.4 Å². The van der Waals surface area contributed by atoms with E-state index in [1.807, 2.05) is 42.7 Å². The number of hydrogen-bond donors (Lipinski definition) is 1. The molecule has 36 heavy (non-hydrogen) atoms. The summed E-state index contributed by atoms with van der Waals surface area (Å²) in [5, 5.41) is 12.0. The van der Waals surface area contributed by atoms with Gasteiger partial charge in [-0.25, -0.2) is 4.79 Å². The molecule has 1 N–H and O–H groups in total. The van der Waals surface area contributed by atoms with Crippen molar-refractivity contribution in [2.45, 2.75) is 39.1 Å². The van der Waals surface area contributed by atoms with Crippen LogP contribution in [0.4, 0.5) is 5.00 Å². The molecule has 0 aliphatic carbocycles. The van der Waals surface area contributed by atoms with Crippen LogP contribution in [0.3, 0.4) is 0 Å². The number of carbonyl (C=O) groups excluding carboxylic acids is 3. The highest BCUT2D eigenvalue weighted by molar-refractivity contribution is 7.99. The minimum absolute atomic E-state index is 0.0332. The predicted octanol–water partition coefficient (Wildman–Crippen LogP) is 3.77. The number of anilines is 1. The highest BCUT2D eigenvalue weighted by Gasteiger charge is 2.27. The summed E-state index contributed by atoms with van der Waals surface area (Å²) in [6.07, 6.45) is 0. The lowest BCUT2D eigenvalue weighted by molar-refractivity contribution is -0.113. The molecule has 1 aromatic carbocycles. The fraction of sp³-hybridized carbons (Fsp3) is 0.375. The molecular weight excluding hydrogens is 502 g/mol. The van der Waals surface area contributed by atoms with Gasteiger partial charge >= 0.3 is 5.97 Å². The van der Waals surface area contributed by atoms with Gasteiger partial charge in [0.2, 0.25) is 5.91 Å². The van der Waals surface area contributed by atoms with E-state index in [2.05, 4.69) is 15.5 Å². The molecule has 0 bridgehead atoms. The van der Waals surface area contributed by atoms with E-state index in [-0.39, 0.29) is 34.7 Å². The highest BCUT2D eigenvalue weighted by Crippen LogP contribution is 2.34. The number of aryl methyl sites for hydroxylation is 1. The summed E-state index contributed by atoms with van der Waals surface area (Å²) >= 11 is 2.27. The van der Waals surface area contributed by atoms with E-state index in [1.165, 1.54) is 23.8 Å². The van der Waals surface area contributed by atoms with E-state index in [1.54, 1.807) is 21.0 Å². The van der Waals surface area contributed by atoms with Gasteiger partial charge in [0.25, 0.3) is 5.91 Å². The second-order valence-corrected chi connectivity index (χ2v) is 10.00. The van der Waals surface area contributed by atoms with Crippen molar-refractivity contribution in [3.63, 3.8) is 0 Å². The van der Waals surface area contributed by atoms with Crippen LogP contribution in [0.2, 0.25) is 0 Å². The summed E-state index contributed by atoms with van der Waals surface area (Å²) in [7, 11) is 4.50. The molecule has 192 valence electrons. The minimum atomic E-state index is -0.617. The number of thiophene rings is 1. The quantitative estimate of drug-likeness (QED) is 0.311. The smallest absolute Gasteiger partial charge is 0.341 e. The molecule has 12 heteroatoms. The molecule has 0 unspecified atom stereocenters. The Hall–Kier alpha value is -3.38. The van der Waals surface area contributed by atoms with Gasteiger partial charge in [0.15, 0.2) is 11.0 Å². The molecule has 0 saturated heterocycles. The van der Waals surface area contributed by atoms with Crippen LogP contribution in [0, 0.1) is 13.8 Å². The first-order valence-electron chi connectivity index (χ1n) is 11.1. The monoisotopic (exact) mass is 531 g/mol. The summed E-state index contributed by atoms with van der Waals surface area (Å²) in [5.41, 5.74) is 1.80. The summed E-state index contributed by atoms with van der Waals surface area (Å²) < 4.78 is 12.6. The largest absolute Gasteiger partial charge is 0.486 e. The second-order valence-electron chi connectivity index (χ2n) is 8.03. The lowest BCUT2D eigenvalue weighted by Gasteiger charge is -2.09. The highest BCUT2D eigenvalue weighted by atomic mass is 32.2. The molecule has 0 spiro atoms. The van der Waals surface area contributed by atoms with Crippen LogP contribution < -0.4 is 10.1 Å². The Morgan fingerprint density at radius 3 is 2.44 bits per heavy atom. The number of aromatic nitrogens is 3. The Kier molecular flexibility index (Phi) is 9.10. The fourth-order valence-electron chi connectivity index (χ4n) is 3.28. The number of amides is 2. The first-order chi connectivity index (χ1) is 17.2. The van der Waals surface area contributed by atoms with Crippen LogP contribution in [0.5, 0.6) is 5.75 Å². The van der Waals surface area contributed by atoms with Gasteiger partial charge in [0, 0.05) is 20.6 Å². The van der Waals surface area contributed by atoms with Crippen LogP contribution in [0.15, 0.2) is 29.4 Å². The number of nitrogens with one attached hydrogen (secondary N) is 1. The van der Waals surface area contributed by atoms with Gasteiger partial charge in [-0.3, -0.25) is 9.59 Å². The van der Waals surface area contributed by atoms with E-state index in [0.717, 1.165) is 22.6 Å². The van der Waals surface area contributed by atoms with Crippen molar-refractivity contribution in [2.75, 3.05) is 32.3 Å². The van der Waals surface area contributed by atoms with Crippen molar-refractivity contribution in [1.29, 1.82) is 0 Å². The predicted molar refractivity (Wildman–Crippen MR) is 139 cm³/mol. The Bertz CT molecular complexity index is 1250. The zero-order chi connectivity index (χ0) is 26.4. The van der Waals surface area contributed by atoms with Gasteiger partial charge in [-0.2, -0.15) is 0 Å². The van der Waals surface area contributed by atoms with Gasteiger partial charge in [-0.1, -0.05) is 29.5 Å². The number of methoxy groups -OCH3 is 1. The van der Waals surface area contributed by atoms with Crippen molar-refractivity contribution in [3.05, 3.63) is 51.7 Å². The minimum Gasteiger partial charge on any atom is -0.486 e. The Morgan fingerprint density at radius 1 is 1.14 bits per heavy atom. The maximum atomic E-state index is 12.8. The molecule has 0 aliphatic heterocycles. The first-order valence-corrected chi connectivity index (χ1v) is 12.9. The van der Waals surface area contributed by atoms with Crippen molar-refractivity contribution in [2.24, 2.45) is 0 Å². The molecule has 0 fully saturated rings. The number of benzene rings is 1. The van der Waals surface area contributed by atoms with Gasteiger partial charge in [0.05, 0.1) is 23.3 Å². The van der Waals surface area contributed by atoms with E-state index < -0.39 is 5.97 Å². The number of carbonyl (C=O) groups is 3. The Balaban J connectivity index is 1.69. The molecular formula is C24H29N5O5S2. The topological polar surface area (TPSA) is 116 Å². The molecule has 2 heterocycles. The van der Waals surface area contributed by atoms with Crippen LogP contribution in [0.1, 0.15) is 43.9 Å². The molecule has 2 aromatic heterocycles. The molecule has 0 radical (unpaired) electrons. The summed E-state index contributed by atoms with van der Waals surface area (Å²) in [6, 6.07) is 7.74. The molecule has 0 atom stereocenters. The molecule has 3 aromatic rings. The van der Waals surface area contributed by atoms with Crippen molar-refractivity contribution in [3.8, 4) is 5.75 Å². The standard InChI is InChI=1S/C24H29N5O5S2/c1-7-29-17(12-34-16-10-8-14(2)9-11-16)26-27-24(29)35-13-18(30)25-21-19(23(32)33-6)15(3)20(36-21)22(31)28(4)5/h8-11H,7,12-13H2,1-6H3,(H,25,30). The Morgan fingerprint density at radius 2 is 1.83 bits per heavy atom. The van der Waals surface area contributed by atoms with Gasteiger partial charge < -0.3 is 24.3 Å². The zero-order valence-corrected chi connectivity index (χ0v) is 22.7. The SMILES string of the molecule is CCn1c(COc2ccc(C)cc2)nnc1SCC(=O)Nc1sc(C(=O)N(C)C)c(C)c1C(=O)OC. The van der Waals surface area contributed by atoms with Crippen LogP contribution in [0.25, 0.3) is 0 Å². The maximum Gasteiger partial charge on any atom is 0.341 e. The van der Waals surface area contributed by atoms with Gasteiger partial charge in [0.1, 0.15) is 17.4 Å². The lowest BCUT2D eigenvalue weighted by Crippen LogP contribution is -2.21. The van der Waals surface area contributed by atoms with E-state index in [4.69, 9.17) is 9.47 Å². The molecule has 2 amide bonds. The van der Waals surface area contributed by atoms with Crippen molar-refractivity contribution in [1.82, 2.24) is 19.7 Å².